The lowest BCUT2D eigenvalue weighted by molar-refractivity contribution is 0.0942. The maximum absolute atomic E-state index is 12.4. The van der Waals surface area contributed by atoms with Gasteiger partial charge in [0.05, 0.1) is 0 Å². The van der Waals surface area contributed by atoms with Crippen LogP contribution < -0.4 is 11.1 Å². The van der Waals surface area contributed by atoms with E-state index in [2.05, 4.69) is 40.8 Å². The number of carbonyl (C=O) groups excluding carboxylic acids is 1. The van der Waals surface area contributed by atoms with Crippen molar-refractivity contribution < 1.29 is 10.0 Å². The van der Waals surface area contributed by atoms with Gasteiger partial charge in [0.15, 0.2) is 5.84 Å². The van der Waals surface area contributed by atoms with Gasteiger partial charge in [-0.15, -0.1) is 0 Å². The summed E-state index contributed by atoms with van der Waals surface area (Å²) in [5.41, 5.74) is 8.32. The van der Waals surface area contributed by atoms with Crippen molar-refractivity contribution in [3.63, 3.8) is 0 Å². The number of aryl methyl sites for hydroxylation is 2. The molecule has 30 heavy (non-hydrogen) atoms. The number of oxime groups is 1. The minimum Gasteiger partial charge on any atom is -0.409 e. The van der Waals surface area contributed by atoms with E-state index in [4.69, 9.17) is 10.9 Å². The molecule has 1 aliphatic rings. The molecule has 4 N–H and O–H groups in total. The maximum atomic E-state index is 12.4. The number of carbonyl (C=O) groups is 1. The van der Waals surface area contributed by atoms with Crippen molar-refractivity contribution in [2.24, 2.45) is 10.9 Å². The van der Waals surface area contributed by atoms with E-state index in [1.165, 1.54) is 56.1 Å². The smallest absolute Gasteiger partial charge is 0.252 e. The van der Waals surface area contributed by atoms with E-state index in [1.54, 1.807) is 0 Å². The van der Waals surface area contributed by atoms with Gasteiger partial charge in [0.25, 0.3) is 5.91 Å². The topological polar surface area (TPSA) is 87.7 Å². The molecule has 2 aromatic rings. The Kier molecular flexibility index (Phi) is 7.89. The Hall–Kier alpha value is -2.82. The van der Waals surface area contributed by atoms with Gasteiger partial charge < -0.3 is 16.3 Å². The molecule has 1 fully saturated rings. The lowest BCUT2D eigenvalue weighted by Gasteiger charge is -2.15. The molecule has 0 bridgehead atoms. The van der Waals surface area contributed by atoms with Gasteiger partial charge in [0, 0.05) is 5.56 Å². The van der Waals surface area contributed by atoms with E-state index >= 15 is 0 Å². The number of hydrogen-bond acceptors (Lipinski definition) is 3. The first-order chi connectivity index (χ1) is 14.6. The van der Waals surface area contributed by atoms with Crippen molar-refractivity contribution in [1.29, 1.82) is 0 Å². The van der Waals surface area contributed by atoms with E-state index < -0.39 is 5.54 Å². The van der Waals surface area contributed by atoms with E-state index in [1.807, 2.05) is 24.3 Å². The zero-order chi connectivity index (χ0) is 21.2. The highest BCUT2D eigenvalue weighted by Gasteiger charge is 2.48. The highest BCUT2D eigenvalue weighted by atomic mass is 16.4. The summed E-state index contributed by atoms with van der Waals surface area (Å²) >= 11 is 0. The molecule has 5 nitrogen and oxygen atoms in total. The fourth-order valence-corrected chi connectivity index (χ4v) is 3.79. The van der Waals surface area contributed by atoms with Crippen LogP contribution in [0.15, 0.2) is 59.8 Å². The van der Waals surface area contributed by atoms with Gasteiger partial charge in [0.2, 0.25) is 0 Å². The van der Waals surface area contributed by atoms with Crippen molar-refractivity contribution in [3.8, 4) is 0 Å². The molecule has 0 radical (unpaired) electrons. The minimum atomic E-state index is -0.661. The summed E-state index contributed by atoms with van der Waals surface area (Å²) in [6, 6.07) is 18.5. The lowest BCUT2D eigenvalue weighted by atomic mass is 10.0. The van der Waals surface area contributed by atoms with Crippen LogP contribution in [0.5, 0.6) is 0 Å². The van der Waals surface area contributed by atoms with Gasteiger partial charge >= 0.3 is 0 Å². The minimum absolute atomic E-state index is 0.0764. The van der Waals surface area contributed by atoms with Crippen LogP contribution in [0, 0.1) is 0 Å². The van der Waals surface area contributed by atoms with Gasteiger partial charge in [-0.05, 0) is 61.8 Å². The van der Waals surface area contributed by atoms with Crippen molar-refractivity contribution in [1.82, 2.24) is 5.32 Å². The second kappa shape index (κ2) is 10.8. The summed E-state index contributed by atoms with van der Waals surface area (Å²) in [5.74, 6) is -0.103. The molecular weight excluding hydrogens is 374 g/mol. The Morgan fingerprint density at radius 1 is 0.867 bits per heavy atom. The molecule has 0 heterocycles. The van der Waals surface area contributed by atoms with Crippen LogP contribution >= 0.6 is 0 Å². The van der Waals surface area contributed by atoms with E-state index in [9.17, 15) is 4.79 Å². The largest absolute Gasteiger partial charge is 0.409 e. The Morgan fingerprint density at radius 3 is 1.93 bits per heavy atom. The predicted molar refractivity (Wildman–Crippen MR) is 121 cm³/mol. The molecule has 0 aliphatic heterocycles. The number of nitrogens with two attached hydrogens (primary N) is 1. The fourth-order valence-electron chi connectivity index (χ4n) is 3.79. The SMILES string of the molecule is N/C(=N\O)C1(NC(=O)c2ccc(CCCCCCCCc3ccccc3)cc2)CC1. The Bertz CT molecular complexity index is 827. The first kappa shape index (κ1) is 21.9. The predicted octanol–water partition coefficient (Wildman–Crippen LogP) is 4.82. The second-order valence-electron chi connectivity index (χ2n) is 8.33. The standard InChI is InChI=1S/C25H33N3O2/c26-24(28-30)25(18-19-25)27-23(29)22-16-14-21(15-17-22)13-7-4-2-1-3-6-10-20-11-8-5-9-12-20/h5,8-9,11-12,14-17,30H,1-4,6-7,10,13,18-19H2,(H2,26,28)(H,27,29). The third-order valence-electron chi connectivity index (χ3n) is 5.94. The molecule has 160 valence electrons. The van der Waals surface area contributed by atoms with Crippen molar-refractivity contribution in [2.45, 2.75) is 69.7 Å². The van der Waals surface area contributed by atoms with E-state index in [0.717, 1.165) is 6.42 Å². The van der Waals surface area contributed by atoms with Crippen molar-refractivity contribution in [3.05, 3.63) is 71.3 Å². The average molecular weight is 408 g/mol. The number of hydrogen-bond donors (Lipinski definition) is 3. The highest BCUT2D eigenvalue weighted by molar-refractivity contribution is 6.01. The number of amidine groups is 1. The quantitative estimate of drug-likeness (QED) is 0.155. The summed E-state index contributed by atoms with van der Waals surface area (Å²) in [7, 11) is 0. The maximum Gasteiger partial charge on any atom is 0.252 e. The molecule has 3 rings (SSSR count). The molecule has 0 saturated heterocycles. The molecule has 0 atom stereocenters. The molecular formula is C25H33N3O2. The first-order valence-corrected chi connectivity index (χ1v) is 11.1. The van der Waals surface area contributed by atoms with E-state index in [0.29, 0.717) is 18.4 Å². The van der Waals surface area contributed by atoms with Crippen LogP contribution in [-0.4, -0.2) is 22.5 Å². The van der Waals surface area contributed by atoms with Crippen LogP contribution in [-0.2, 0) is 12.8 Å². The van der Waals surface area contributed by atoms with Crippen LogP contribution in [0.4, 0.5) is 0 Å². The molecule has 0 spiro atoms. The number of unbranched alkanes of at least 4 members (excludes halogenated alkanes) is 5. The normalized spacial score (nSPS) is 15.0. The van der Waals surface area contributed by atoms with Gasteiger partial charge in [-0.2, -0.15) is 0 Å². The summed E-state index contributed by atoms with van der Waals surface area (Å²) in [6.45, 7) is 0. The third-order valence-corrected chi connectivity index (χ3v) is 5.94. The molecule has 0 aromatic heterocycles. The summed E-state index contributed by atoms with van der Waals surface area (Å²) in [6.07, 6.45) is 11.2. The Labute approximate surface area is 179 Å². The Balaban J connectivity index is 1.29. The molecule has 0 unspecified atom stereocenters. The van der Waals surface area contributed by atoms with Crippen LogP contribution in [0.25, 0.3) is 0 Å². The zero-order valence-corrected chi connectivity index (χ0v) is 17.6. The number of nitrogens with zero attached hydrogens (tertiary/aromatic N) is 1. The van der Waals surface area contributed by atoms with Crippen LogP contribution in [0.1, 0.15) is 72.9 Å². The second-order valence-corrected chi connectivity index (χ2v) is 8.33. The number of benzene rings is 2. The number of amides is 1. The average Bonchev–Trinajstić information content (AvgIpc) is 3.56. The molecule has 1 aliphatic carbocycles. The van der Waals surface area contributed by atoms with Crippen LogP contribution in [0.2, 0.25) is 0 Å². The highest BCUT2D eigenvalue weighted by Crippen LogP contribution is 2.35. The molecule has 5 heteroatoms. The molecule has 1 saturated carbocycles. The van der Waals surface area contributed by atoms with Gasteiger partial charge in [-0.1, -0.05) is 73.3 Å². The van der Waals surface area contributed by atoms with E-state index in [-0.39, 0.29) is 11.7 Å². The van der Waals surface area contributed by atoms with Crippen LogP contribution in [0.3, 0.4) is 0 Å². The number of nitrogens with one attached hydrogen (secondary N) is 1. The van der Waals surface area contributed by atoms with Crippen molar-refractivity contribution >= 4 is 11.7 Å². The van der Waals surface area contributed by atoms with Gasteiger partial charge in [-0.3, -0.25) is 4.79 Å². The lowest BCUT2D eigenvalue weighted by Crippen LogP contribution is -2.46. The molecule has 1 amide bonds. The van der Waals surface area contributed by atoms with Gasteiger partial charge in [0.1, 0.15) is 5.54 Å². The Morgan fingerprint density at radius 2 is 1.40 bits per heavy atom. The first-order valence-electron chi connectivity index (χ1n) is 11.1. The third kappa shape index (κ3) is 6.34. The number of rotatable bonds is 12. The monoisotopic (exact) mass is 407 g/mol. The summed E-state index contributed by atoms with van der Waals surface area (Å²) in [4.78, 5) is 12.4. The van der Waals surface area contributed by atoms with Gasteiger partial charge in [-0.25, -0.2) is 0 Å². The fraction of sp³-hybridized carbons (Fsp3) is 0.440. The zero-order valence-electron chi connectivity index (χ0n) is 17.6. The summed E-state index contributed by atoms with van der Waals surface area (Å²) < 4.78 is 0. The summed E-state index contributed by atoms with van der Waals surface area (Å²) in [5, 5.41) is 14.8. The van der Waals surface area contributed by atoms with Crippen molar-refractivity contribution in [2.75, 3.05) is 0 Å². The molecule has 2 aromatic carbocycles.